The predicted molar refractivity (Wildman–Crippen MR) is 65.9 cm³/mol. The maximum absolute atomic E-state index is 10.9. The third-order valence-electron chi connectivity index (χ3n) is 3.71. The van der Waals surface area contributed by atoms with Gasteiger partial charge in [0.1, 0.15) is 12.2 Å². The van der Waals surface area contributed by atoms with E-state index in [0.717, 1.165) is 30.7 Å². The largest absolute Gasteiger partial charge is 0.296 e. The van der Waals surface area contributed by atoms with E-state index in [0.29, 0.717) is 5.69 Å². The highest BCUT2D eigenvalue weighted by Crippen LogP contribution is 2.27. The number of nitrogens with zero attached hydrogens (tertiary/aromatic N) is 4. The first-order valence-electron chi connectivity index (χ1n) is 6.59. The minimum atomic E-state index is 0.167. The summed E-state index contributed by atoms with van der Waals surface area (Å²) >= 11 is 0. The molecular formula is C13H18N4O. The minimum Gasteiger partial charge on any atom is -0.296 e. The maximum Gasteiger partial charge on any atom is 0.172 e. The maximum atomic E-state index is 10.9. The van der Waals surface area contributed by atoms with Crippen LogP contribution in [0, 0.1) is 17.2 Å². The molecule has 1 aromatic rings. The monoisotopic (exact) mass is 246 g/mol. The Labute approximate surface area is 107 Å². The Morgan fingerprint density at radius 2 is 2.17 bits per heavy atom. The van der Waals surface area contributed by atoms with Crippen molar-refractivity contribution in [1.82, 2.24) is 15.0 Å². The summed E-state index contributed by atoms with van der Waals surface area (Å²) in [6.45, 7) is 0.167. The van der Waals surface area contributed by atoms with Crippen LogP contribution in [-0.2, 0) is 13.0 Å². The van der Waals surface area contributed by atoms with Gasteiger partial charge >= 0.3 is 0 Å². The number of carbonyl (C=O) groups is 1. The van der Waals surface area contributed by atoms with Crippen LogP contribution >= 0.6 is 0 Å². The molecule has 0 aromatic carbocycles. The van der Waals surface area contributed by atoms with Crippen molar-refractivity contribution in [2.24, 2.45) is 5.92 Å². The van der Waals surface area contributed by atoms with Crippen molar-refractivity contribution in [3.8, 4) is 6.07 Å². The summed E-state index contributed by atoms with van der Waals surface area (Å²) in [5.41, 5.74) is 1.21. The molecule has 96 valence electrons. The van der Waals surface area contributed by atoms with E-state index in [1.807, 2.05) is 6.07 Å². The fourth-order valence-corrected chi connectivity index (χ4v) is 2.71. The quantitative estimate of drug-likeness (QED) is 0.746. The molecular weight excluding hydrogens is 228 g/mol. The minimum absolute atomic E-state index is 0.167. The van der Waals surface area contributed by atoms with Crippen LogP contribution < -0.4 is 0 Å². The number of hydrogen-bond acceptors (Lipinski definition) is 4. The van der Waals surface area contributed by atoms with E-state index in [-0.39, 0.29) is 6.54 Å². The molecule has 1 aromatic heterocycles. The van der Waals surface area contributed by atoms with E-state index in [4.69, 9.17) is 5.26 Å². The third kappa shape index (κ3) is 2.95. The second-order valence-electron chi connectivity index (χ2n) is 4.90. The van der Waals surface area contributed by atoms with Crippen molar-refractivity contribution in [2.75, 3.05) is 0 Å². The molecule has 1 heterocycles. The van der Waals surface area contributed by atoms with Gasteiger partial charge in [-0.3, -0.25) is 4.79 Å². The standard InChI is InChI=1S/C13H18N4O/c14-8-9-17-13(12(10-18)15-16-17)7-6-11-4-2-1-3-5-11/h10-11H,1-7,9H2. The molecule has 1 aliphatic carbocycles. The van der Waals surface area contributed by atoms with Gasteiger partial charge in [-0.25, -0.2) is 4.68 Å². The Bertz CT molecular complexity index is 440. The Balaban J connectivity index is 2.00. The summed E-state index contributed by atoms with van der Waals surface area (Å²) in [4.78, 5) is 10.9. The van der Waals surface area contributed by atoms with Gasteiger partial charge in [0.15, 0.2) is 6.29 Å². The van der Waals surface area contributed by atoms with Crippen molar-refractivity contribution in [2.45, 2.75) is 51.5 Å². The van der Waals surface area contributed by atoms with Crippen molar-refractivity contribution in [3.05, 3.63) is 11.4 Å². The molecule has 0 spiro atoms. The van der Waals surface area contributed by atoms with Gasteiger partial charge in [0.05, 0.1) is 11.8 Å². The molecule has 1 aliphatic rings. The summed E-state index contributed by atoms with van der Waals surface area (Å²) in [6.07, 6.45) is 9.17. The van der Waals surface area contributed by atoms with Crippen LogP contribution in [0.2, 0.25) is 0 Å². The van der Waals surface area contributed by atoms with E-state index in [1.165, 1.54) is 32.1 Å². The molecule has 0 bridgehead atoms. The zero-order chi connectivity index (χ0) is 12.8. The van der Waals surface area contributed by atoms with Crippen LogP contribution in [0.15, 0.2) is 0 Å². The summed E-state index contributed by atoms with van der Waals surface area (Å²) < 4.78 is 1.55. The summed E-state index contributed by atoms with van der Waals surface area (Å²) in [5, 5.41) is 16.4. The molecule has 0 atom stereocenters. The van der Waals surface area contributed by atoms with Crippen LogP contribution in [0.1, 0.15) is 54.7 Å². The lowest BCUT2D eigenvalue weighted by atomic mass is 9.85. The summed E-state index contributed by atoms with van der Waals surface area (Å²) in [7, 11) is 0. The van der Waals surface area contributed by atoms with Crippen LogP contribution in [0.4, 0.5) is 0 Å². The summed E-state index contributed by atoms with van der Waals surface area (Å²) in [6, 6.07) is 2.04. The van der Waals surface area contributed by atoms with E-state index >= 15 is 0 Å². The first kappa shape index (κ1) is 12.7. The van der Waals surface area contributed by atoms with Gasteiger partial charge in [0, 0.05) is 0 Å². The number of rotatable bonds is 5. The lowest BCUT2D eigenvalue weighted by Crippen LogP contribution is -2.11. The lowest BCUT2D eigenvalue weighted by Gasteiger charge is -2.21. The zero-order valence-electron chi connectivity index (χ0n) is 10.5. The van der Waals surface area contributed by atoms with E-state index in [9.17, 15) is 4.79 Å². The molecule has 5 nitrogen and oxygen atoms in total. The SMILES string of the molecule is N#CCn1nnc(C=O)c1CCC1CCCCC1. The molecule has 0 N–H and O–H groups in total. The highest BCUT2D eigenvalue weighted by molar-refractivity contribution is 5.73. The van der Waals surface area contributed by atoms with Crippen molar-refractivity contribution in [3.63, 3.8) is 0 Å². The van der Waals surface area contributed by atoms with Crippen molar-refractivity contribution in [1.29, 1.82) is 5.26 Å². The Morgan fingerprint density at radius 3 is 2.83 bits per heavy atom. The average molecular weight is 246 g/mol. The second-order valence-corrected chi connectivity index (χ2v) is 4.90. The van der Waals surface area contributed by atoms with Crippen LogP contribution in [0.25, 0.3) is 0 Å². The van der Waals surface area contributed by atoms with Gasteiger partial charge in [-0.05, 0) is 18.8 Å². The molecule has 0 amide bonds. The second kappa shape index (κ2) is 6.29. The van der Waals surface area contributed by atoms with Gasteiger partial charge in [0.25, 0.3) is 0 Å². The topological polar surface area (TPSA) is 71.6 Å². The first-order valence-corrected chi connectivity index (χ1v) is 6.59. The first-order chi connectivity index (χ1) is 8.85. The molecule has 0 unspecified atom stereocenters. The molecule has 5 heteroatoms. The van der Waals surface area contributed by atoms with Crippen LogP contribution in [-0.4, -0.2) is 21.3 Å². The van der Waals surface area contributed by atoms with E-state index in [1.54, 1.807) is 4.68 Å². The summed E-state index contributed by atoms with van der Waals surface area (Å²) in [5.74, 6) is 0.753. The van der Waals surface area contributed by atoms with Crippen LogP contribution in [0.5, 0.6) is 0 Å². The number of carbonyl (C=O) groups excluding carboxylic acids is 1. The molecule has 18 heavy (non-hydrogen) atoms. The number of hydrogen-bond donors (Lipinski definition) is 0. The molecule has 0 saturated heterocycles. The van der Waals surface area contributed by atoms with E-state index in [2.05, 4.69) is 10.3 Å². The van der Waals surface area contributed by atoms with Gasteiger partial charge in [-0.1, -0.05) is 37.3 Å². The highest BCUT2D eigenvalue weighted by Gasteiger charge is 2.17. The van der Waals surface area contributed by atoms with Crippen LogP contribution in [0.3, 0.4) is 0 Å². The zero-order valence-corrected chi connectivity index (χ0v) is 10.5. The molecule has 2 rings (SSSR count). The average Bonchev–Trinajstić information content (AvgIpc) is 2.80. The lowest BCUT2D eigenvalue weighted by molar-refractivity contribution is 0.111. The normalized spacial score (nSPS) is 16.4. The predicted octanol–water partition coefficient (Wildman–Crippen LogP) is 2.13. The van der Waals surface area contributed by atoms with Crippen molar-refractivity contribution >= 4 is 6.29 Å². The highest BCUT2D eigenvalue weighted by atomic mass is 16.1. The number of aldehydes is 1. The Morgan fingerprint density at radius 1 is 1.39 bits per heavy atom. The Kier molecular flexibility index (Phi) is 4.46. The van der Waals surface area contributed by atoms with Gasteiger partial charge in [0.2, 0.25) is 0 Å². The van der Waals surface area contributed by atoms with Gasteiger partial charge in [-0.2, -0.15) is 5.26 Å². The third-order valence-corrected chi connectivity index (χ3v) is 3.71. The molecule has 1 saturated carbocycles. The Hall–Kier alpha value is -1.70. The number of aromatic nitrogens is 3. The molecule has 1 fully saturated rings. The smallest absolute Gasteiger partial charge is 0.172 e. The van der Waals surface area contributed by atoms with Gasteiger partial charge in [-0.15, -0.1) is 5.10 Å². The molecule has 0 aliphatic heterocycles. The fraction of sp³-hybridized carbons (Fsp3) is 0.692. The van der Waals surface area contributed by atoms with Crippen molar-refractivity contribution < 1.29 is 4.79 Å². The van der Waals surface area contributed by atoms with Gasteiger partial charge < -0.3 is 0 Å². The van der Waals surface area contributed by atoms with E-state index < -0.39 is 0 Å². The number of nitriles is 1. The fourth-order valence-electron chi connectivity index (χ4n) is 2.71. The molecule has 0 radical (unpaired) electrons.